The van der Waals surface area contributed by atoms with Gasteiger partial charge in [0.1, 0.15) is 0 Å². The van der Waals surface area contributed by atoms with Crippen molar-refractivity contribution in [2.75, 3.05) is 6.16 Å². The molecule has 0 rings (SSSR count). The van der Waals surface area contributed by atoms with Crippen molar-refractivity contribution < 1.29 is 26.5 Å². The average molecular weight is 150 g/mol. The summed E-state index contributed by atoms with van der Waals surface area (Å²) in [5, 5.41) is 0. The smallest absolute Gasteiger partial charge is 0.188 e. The molecule has 0 aromatic rings. The molecule has 0 spiro atoms. The van der Waals surface area contributed by atoms with Gasteiger partial charge in [0.05, 0.1) is 0 Å². The van der Waals surface area contributed by atoms with Crippen LogP contribution < -0.4 is 0 Å². The van der Waals surface area contributed by atoms with Gasteiger partial charge in [-0.05, 0) is 0 Å². The van der Waals surface area contributed by atoms with Gasteiger partial charge in [0.2, 0.25) is 0 Å². The van der Waals surface area contributed by atoms with E-state index in [4.69, 9.17) is 4.89 Å². The van der Waals surface area contributed by atoms with Crippen LogP contribution in [0, 0.1) is 0 Å². The first-order valence-electron chi connectivity index (χ1n) is 1.49. The Morgan fingerprint density at radius 1 is 1.83 bits per heavy atom. The van der Waals surface area contributed by atoms with Crippen LogP contribution in [-0.4, -0.2) is 11.1 Å². The topological polar surface area (TPSA) is 37.3 Å². The van der Waals surface area contributed by atoms with Crippen molar-refractivity contribution in [3.63, 3.8) is 0 Å². The molecule has 1 unspecified atom stereocenters. The molecule has 0 aliphatic rings. The molecule has 1 atom stereocenters. The van der Waals surface area contributed by atoms with Crippen molar-refractivity contribution in [1.82, 2.24) is 0 Å². The van der Waals surface area contributed by atoms with Crippen molar-refractivity contribution in [2.24, 2.45) is 0 Å². The first kappa shape index (κ1) is 9.86. The second-order valence-electron chi connectivity index (χ2n) is 0.747. The van der Waals surface area contributed by atoms with E-state index in [1.807, 2.05) is 0 Å². The van der Waals surface area contributed by atoms with Gasteiger partial charge in [0.25, 0.3) is 0 Å². The van der Waals surface area contributed by atoms with Crippen molar-refractivity contribution in [3.05, 3.63) is 0 Å². The molecule has 0 aromatic carbocycles. The predicted molar refractivity (Wildman–Crippen MR) is 21.8 cm³/mol. The SMILES string of the molecule is CC[PH](=O)O.[Fe]. The maximum absolute atomic E-state index is 9.55. The van der Waals surface area contributed by atoms with Crippen LogP contribution in [0.15, 0.2) is 0 Å². The van der Waals surface area contributed by atoms with Crippen LogP contribution in [-0.2, 0) is 21.6 Å². The van der Waals surface area contributed by atoms with Crippen LogP contribution in [0.1, 0.15) is 6.92 Å². The van der Waals surface area contributed by atoms with Gasteiger partial charge in [-0.2, -0.15) is 0 Å². The van der Waals surface area contributed by atoms with Gasteiger partial charge in [-0.1, -0.05) is 6.92 Å². The van der Waals surface area contributed by atoms with Crippen LogP contribution in [0.3, 0.4) is 0 Å². The zero-order valence-corrected chi connectivity index (χ0v) is 5.52. The van der Waals surface area contributed by atoms with Crippen molar-refractivity contribution in [1.29, 1.82) is 0 Å². The molecular weight excluding hydrogens is 143 g/mol. The van der Waals surface area contributed by atoms with E-state index in [-0.39, 0.29) is 17.1 Å². The standard InChI is InChI=1S/C2H7O2P.Fe/c1-2-5(3)4;/h5H,2H2,1H3,(H,3,4);. The van der Waals surface area contributed by atoms with Gasteiger partial charge < -0.3 is 4.89 Å². The fourth-order valence-electron chi connectivity index (χ4n) is 0. The van der Waals surface area contributed by atoms with Gasteiger partial charge in [-0.25, -0.2) is 0 Å². The number of rotatable bonds is 1. The Hall–Kier alpha value is 0.709. The van der Waals surface area contributed by atoms with Crippen molar-refractivity contribution in [2.45, 2.75) is 6.92 Å². The van der Waals surface area contributed by atoms with E-state index < -0.39 is 8.03 Å². The fraction of sp³-hybridized carbons (Fsp3) is 1.00. The monoisotopic (exact) mass is 150 g/mol. The molecule has 0 saturated carbocycles. The molecule has 0 heterocycles. The Bertz CT molecular complexity index is 46.8. The molecule has 6 heavy (non-hydrogen) atoms. The maximum Gasteiger partial charge on any atom is 0.188 e. The van der Waals surface area contributed by atoms with Crippen molar-refractivity contribution in [3.8, 4) is 0 Å². The van der Waals surface area contributed by atoms with E-state index in [9.17, 15) is 4.57 Å². The molecule has 0 aromatic heterocycles. The Morgan fingerprint density at radius 3 is 2.00 bits per heavy atom. The maximum atomic E-state index is 9.55. The van der Waals surface area contributed by atoms with Gasteiger partial charge >= 0.3 is 0 Å². The fourth-order valence-corrected chi connectivity index (χ4v) is 0. The summed E-state index contributed by atoms with van der Waals surface area (Å²) in [5.41, 5.74) is 0. The molecule has 0 aliphatic carbocycles. The minimum absolute atomic E-state index is 0. The number of hydrogen-bond acceptors (Lipinski definition) is 1. The van der Waals surface area contributed by atoms with Crippen LogP contribution in [0.25, 0.3) is 0 Å². The van der Waals surface area contributed by atoms with E-state index in [0.717, 1.165) is 0 Å². The molecule has 0 aliphatic heterocycles. The third kappa shape index (κ3) is 8.83. The van der Waals surface area contributed by atoms with Crippen LogP contribution in [0.2, 0.25) is 0 Å². The van der Waals surface area contributed by atoms with E-state index in [1.54, 1.807) is 6.92 Å². The second-order valence-corrected chi connectivity index (χ2v) is 2.24. The molecule has 0 fully saturated rings. The summed E-state index contributed by atoms with van der Waals surface area (Å²) in [6, 6.07) is 0. The average Bonchev–Trinajstić information content (AvgIpc) is 1.38. The molecular formula is C2H7FeO2P. The van der Waals surface area contributed by atoms with Gasteiger partial charge in [-0.3, -0.25) is 4.57 Å². The van der Waals surface area contributed by atoms with Crippen molar-refractivity contribution >= 4 is 8.03 Å². The molecule has 4 heteroatoms. The van der Waals surface area contributed by atoms with Crippen LogP contribution in [0.5, 0.6) is 0 Å². The van der Waals surface area contributed by atoms with Gasteiger partial charge in [-0.15, -0.1) is 0 Å². The third-order valence-corrected chi connectivity index (χ3v) is 0.907. The molecule has 0 amide bonds. The first-order valence-corrected chi connectivity index (χ1v) is 3.05. The summed E-state index contributed by atoms with van der Waals surface area (Å²) in [5.74, 6) is 0. The summed E-state index contributed by atoms with van der Waals surface area (Å²) in [4.78, 5) is 7.91. The molecule has 2 nitrogen and oxygen atoms in total. The van der Waals surface area contributed by atoms with Crippen LogP contribution in [0.4, 0.5) is 0 Å². The minimum Gasteiger partial charge on any atom is -0.346 e. The molecule has 0 radical (unpaired) electrons. The van der Waals surface area contributed by atoms with Gasteiger partial charge in [0.15, 0.2) is 8.03 Å². The molecule has 1 N–H and O–H groups in total. The summed E-state index contributed by atoms with van der Waals surface area (Å²) >= 11 is 0. The third-order valence-electron chi connectivity index (χ3n) is 0.302. The Kier molecular flexibility index (Phi) is 9.38. The Balaban J connectivity index is 0. The van der Waals surface area contributed by atoms with E-state index in [2.05, 4.69) is 0 Å². The quantitative estimate of drug-likeness (QED) is 0.435. The minimum atomic E-state index is -2.12. The molecule has 40 valence electrons. The summed E-state index contributed by atoms with van der Waals surface area (Å²) in [7, 11) is -2.12. The summed E-state index contributed by atoms with van der Waals surface area (Å²) in [6.07, 6.45) is 0.407. The molecule has 0 saturated heterocycles. The normalized spacial score (nSPS) is 12.3. The first-order chi connectivity index (χ1) is 2.27. The zero-order chi connectivity index (χ0) is 4.28. The molecule has 0 bridgehead atoms. The predicted octanol–water partition coefficient (Wildman–Crippen LogP) is 0.471. The van der Waals surface area contributed by atoms with Gasteiger partial charge in [0, 0.05) is 23.2 Å². The Labute approximate surface area is 48.3 Å². The number of hydrogen-bond donors (Lipinski definition) is 1. The van der Waals surface area contributed by atoms with Crippen LogP contribution >= 0.6 is 8.03 Å². The zero-order valence-electron chi connectivity index (χ0n) is 3.42. The summed E-state index contributed by atoms with van der Waals surface area (Å²) in [6.45, 7) is 1.68. The second kappa shape index (κ2) is 5.71. The van der Waals surface area contributed by atoms with E-state index in [1.165, 1.54) is 0 Å². The van der Waals surface area contributed by atoms with E-state index >= 15 is 0 Å². The largest absolute Gasteiger partial charge is 0.346 e. The summed E-state index contributed by atoms with van der Waals surface area (Å²) < 4.78 is 9.55. The Morgan fingerprint density at radius 2 is 2.00 bits per heavy atom. The van der Waals surface area contributed by atoms with E-state index in [0.29, 0.717) is 6.16 Å².